The molecule has 1 aliphatic carbocycles. The van der Waals surface area contributed by atoms with Gasteiger partial charge in [-0.15, -0.1) is 0 Å². The number of aromatic nitrogens is 2. The Kier molecular flexibility index (Phi) is 3.82. The van der Waals surface area contributed by atoms with Crippen LogP contribution < -0.4 is 11.1 Å². The zero-order valence-corrected chi connectivity index (χ0v) is 10.7. The van der Waals surface area contributed by atoms with Crippen LogP contribution in [0.25, 0.3) is 0 Å². The summed E-state index contributed by atoms with van der Waals surface area (Å²) in [6, 6.07) is 1.04. The minimum Gasteiger partial charge on any atom is -0.368 e. The average Bonchev–Trinajstić information content (AvgIpc) is 3.10. The van der Waals surface area contributed by atoms with Crippen LogP contribution in [0.2, 0.25) is 0 Å². The second-order valence-electron chi connectivity index (χ2n) is 4.92. The maximum atomic E-state index is 12.6. The van der Waals surface area contributed by atoms with E-state index in [1.54, 1.807) is 0 Å². The second-order valence-corrected chi connectivity index (χ2v) is 4.92. The molecule has 0 aromatic carbocycles. The van der Waals surface area contributed by atoms with Gasteiger partial charge in [-0.05, 0) is 18.8 Å². The van der Waals surface area contributed by atoms with E-state index in [9.17, 15) is 13.2 Å². The van der Waals surface area contributed by atoms with E-state index in [1.807, 2.05) is 6.92 Å². The van der Waals surface area contributed by atoms with Crippen LogP contribution in [0, 0.1) is 5.92 Å². The van der Waals surface area contributed by atoms with Crippen molar-refractivity contribution in [1.29, 1.82) is 0 Å². The largest absolute Gasteiger partial charge is 0.433 e. The van der Waals surface area contributed by atoms with E-state index in [0.717, 1.165) is 18.9 Å². The van der Waals surface area contributed by atoms with Gasteiger partial charge in [0.1, 0.15) is 5.82 Å². The summed E-state index contributed by atoms with van der Waals surface area (Å²) in [5, 5.41) is 3.02. The van der Waals surface area contributed by atoms with Crippen molar-refractivity contribution >= 4 is 11.8 Å². The second kappa shape index (κ2) is 5.22. The summed E-state index contributed by atoms with van der Waals surface area (Å²) in [6.07, 6.45) is -0.301. The summed E-state index contributed by atoms with van der Waals surface area (Å²) >= 11 is 0. The Morgan fingerprint density at radius 1 is 1.42 bits per heavy atom. The summed E-state index contributed by atoms with van der Waals surface area (Å²) in [4.78, 5) is 7.03. The normalized spacial score (nSPS) is 17.3. The minimum atomic E-state index is -4.51. The average molecular weight is 274 g/mol. The molecular formula is C12H17F3N4. The Labute approximate surface area is 109 Å². The lowest BCUT2D eigenvalue weighted by molar-refractivity contribution is -0.141. The fourth-order valence-electron chi connectivity index (χ4n) is 1.98. The van der Waals surface area contributed by atoms with E-state index in [1.165, 1.54) is 12.8 Å². The fourth-order valence-corrected chi connectivity index (χ4v) is 1.98. The molecule has 4 nitrogen and oxygen atoms in total. The quantitative estimate of drug-likeness (QED) is 0.866. The highest BCUT2D eigenvalue weighted by atomic mass is 19.4. The lowest BCUT2D eigenvalue weighted by atomic mass is 10.1. The number of halogens is 3. The Bertz CT molecular complexity index is 443. The van der Waals surface area contributed by atoms with Gasteiger partial charge < -0.3 is 11.1 Å². The topological polar surface area (TPSA) is 63.8 Å². The molecule has 3 N–H and O–H groups in total. The van der Waals surface area contributed by atoms with Crippen LogP contribution in [0.4, 0.5) is 24.9 Å². The van der Waals surface area contributed by atoms with Crippen LogP contribution in [0.15, 0.2) is 6.07 Å². The molecule has 1 unspecified atom stereocenters. The van der Waals surface area contributed by atoms with Gasteiger partial charge in [-0.3, -0.25) is 0 Å². The van der Waals surface area contributed by atoms with Crippen molar-refractivity contribution in [1.82, 2.24) is 9.97 Å². The highest BCUT2D eigenvalue weighted by Crippen LogP contribution is 2.35. The van der Waals surface area contributed by atoms with Crippen LogP contribution in [0.1, 0.15) is 38.3 Å². The zero-order valence-electron chi connectivity index (χ0n) is 10.7. The van der Waals surface area contributed by atoms with Crippen molar-refractivity contribution in [3.63, 3.8) is 0 Å². The van der Waals surface area contributed by atoms with Gasteiger partial charge in [0.15, 0.2) is 5.69 Å². The Morgan fingerprint density at radius 2 is 2.11 bits per heavy atom. The first kappa shape index (κ1) is 13.9. The van der Waals surface area contributed by atoms with Crippen molar-refractivity contribution in [2.45, 2.75) is 44.8 Å². The van der Waals surface area contributed by atoms with E-state index in [0.29, 0.717) is 5.92 Å². The molecule has 1 fully saturated rings. The number of nitrogens with zero attached hydrogens (tertiary/aromatic N) is 2. The van der Waals surface area contributed by atoms with E-state index in [4.69, 9.17) is 5.73 Å². The van der Waals surface area contributed by atoms with Crippen molar-refractivity contribution in [3.05, 3.63) is 11.8 Å². The molecule has 0 aliphatic heterocycles. The Balaban J connectivity index is 2.11. The molecule has 1 aromatic rings. The van der Waals surface area contributed by atoms with Gasteiger partial charge in [0.25, 0.3) is 0 Å². The van der Waals surface area contributed by atoms with Crippen molar-refractivity contribution < 1.29 is 13.2 Å². The molecule has 106 valence electrons. The summed E-state index contributed by atoms with van der Waals surface area (Å²) in [7, 11) is 0. The molecule has 1 aromatic heterocycles. The van der Waals surface area contributed by atoms with Crippen LogP contribution in [-0.4, -0.2) is 16.0 Å². The molecule has 1 heterocycles. The summed E-state index contributed by atoms with van der Waals surface area (Å²) < 4.78 is 37.8. The number of rotatable bonds is 5. The number of hydrogen-bond acceptors (Lipinski definition) is 4. The van der Waals surface area contributed by atoms with Crippen molar-refractivity contribution in [2.24, 2.45) is 5.92 Å². The predicted octanol–water partition coefficient (Wildman–Crippen LogP) is 3.07. The fraction of sp³-hybridized carbons (Fsp3) is 0.667. The molecule has 19 heavy (non-hydrogen) atoms. The Hall–Kier alpha value is -1.53. The van der Waals surface area contributed by atoms with Gasteiger partial charge in [-0.1, -0.05) is 19.8 Å². The third-order valence-electron chi connectivity index (χ3n) is 3.19. The highest BCUT2D eigenvalue weighted by molar-refractivity contribution is 5.42. The summed E-state index contributed by atoms with van der Waals surface area (Å²) in [5.74, 6) is 0.477. The number of nitrogens with two attached hydrogens (primary N) is 1. The van der Waals surface area contributed by atoms with Crippen molar-refractivity contribution in [2.75, 3.05) is 11.1 Å². The first-order valence-electron chi connectivity index (χ1n) is 6.36. The highest BCUT2D eigenvalue weighted by Gasteiger charge is 2.34. The molecule has 1 saturated carbocycles. The predicted molar refractivity (Wildman–Crippen MR) is 66.5 cm³/mol. The monoisotopic (exact) mass is 274 g/mol. The van der Waals surface area contributed by atoms with Gasteiger partial charge in [0, 0.05) is 12.1 Å². The zero-order chi connectivity index (χ0) is 14.0. The first-order valence-corrected chi connectivity index (χ1v) is 6.36. The number of alkyl halides is 3. The van der Waals surface area contributed by atoms with Crippen LogP contribution >= 0.6 is 0 Å². The molecule has 0 saturated heterocycles. The van der Waals surface area contributed by atoms with Gasteiger partial charge in [0.2, 0.25) is 5.95 Å². The number of nitrogen functional groups attached to an aromatic ring is 1. The number of anilines is 2. The Morgan fingerprint density at radius 3 is 2.63 bits per heavy atom. The van der Waals surface area contributed by atoms with Crippen LogP contribution in [0.5, 0.6) is 0 Å². The van der Waals surface area contributed by atoms with E-state index < -0.39 is 11.9 Å². The maximum Gasteiger partial charge on any atom is 0.433 e. The minimum absolute atomic E-state index is 0.128. The molecular weight excluding hydrogens is 257 g/mol. The lowest BCUT2D eigenvalue weighted by Crippen LogP contribution is -2.21. The van der Waals surface area contributed by atoms with E-state index in [2.05, 4.69) is 15.3 Å². The van der Waals surface area contributed by atoms with Crippen LogP contribution in [-0.2, 0) is 6.18 Å². The van der Waals surface area contributed by atoms with E-state index >= 15 is 0 Å². The molecule has 0 amide bonds. The molecule has 1 aliphatic rings. The maximum absolute atomic E-state index is 12.6. The van der Waals surface area contributed by atoms with E-state index in [-0.39, 0.29) is 17.8 Å². The van der Waals surface area contributed by atoms with Gasteiger partial charge in [-0.25, -0.2) is 4.98 Å². The lowest BCUT2D eigenvalue weighted by Gasteiger charge is -2.18. The molecule has 7 heteroatoms. The number of hydrogen-bond donors (Lipinski definition) is 2. The summed E-state index contributed by atoms with van der Waals surface area (Å²) in [5.41, 5.74) is 4.31. The van der Waals surface area contributed by atoms with Gasteiger partial charge >= 0.3 is 6.18 Å². The molecule has 0 spiro atoms. The number of nitrogens with one attached hydrogen (secondary N) is 1. The smallest absolute Gasteiger partial charge is 0.368 e. The van der Waals surface area contributed by atoms with Gasteiger partial charge in [-0.2, -0.15) is 18.2 Å². The standard InChI is InChI=1S/C12H17F3N4/c1-2-8(5-7-3-4-7)17-10-6-9(12(13,14)15)18-11(16)19-10/h6-8H,2-5H2,1H3,(H3,16,17,18,19). The molecule has 2 rings (SSSR count). The molecule has 1 atom stereocenters. The first-order chi connectivity index (χ1) is 8.88. The SMILES string of the molecule is CCC(CC1CC1)Nc1cc(C(F)(F)F)nc(N)n1. The van der Waals surface area contributed by atoms with Gasteiger partial charge in [0.05, 0.1) is 0 Å². The summed E-state index contributed by atoms with van der Waals surface area (Å²) in [6.45, 7) is 2.00. The third-order valence-corrected chi connectivity index (χ3v) is 3.19. The third kappa shape index (κ3) is 3.97. The molecule has 0 bridgehead atoms. The van der Waals surface area contributed by atoms with Crippen molar-refractivity contribution in [3.8, 4) is 0 Å². The van der Waals surface area contributed by atoms with Crippen LogP contribution in [0.3, 0.4) is 0 Å². The molecule has 0 radical (unpaired) electrons.